The topological polar surface area (TPSA) is 76.1 Å². The monoisotopic (exact) mass is 414 g/mol. The van der Waals surface area contributed by atoms with Crippen LogP contribution in [0, 0.1) is 20.8 Å². The van der Waals surface area contributed by atoms with Crippen LogP contribution in [0.2, 0.25) is 0 Å². The summed E-state index contributed by atoms with van der Waals surface area (Å²) in [6.45, 7) is 5.95. The Bertz CT molecular complexity index is 1100. The highest BCUT2D eigenvalue weighted by Crippen LogP contribution is 2.28. The Morgan fingerprint density at radius 1 is 1.04 bits per heavy atom. The van der Waals surface area contributed by atoms with Gasteiger partial charge in [-0.15, -0.1) is 11.3 Å². The lowest BCUT2D eigenvalue weighted by molar-refractivity contribution is -0.115. The van der Waals surface area contributed by atoms with Gasteiger partial charge in [0.15, 0.2) is 15.0 Å². The molecule has 3 aromatic rings. The fourth-order valence-corrected chi connectivity index (χ4v) is 4.80. The van der Waals surface area contributed by atoms with Crippen LogP contribution in [0.3, 0.4) is 0 Å². The Labute approximate surface area is 169 Å². The smallest absolute Gasteiger partial charge is 0.227 e. The lowest BCUT2D eigenvalue weighted by Gasteiger charge is -2.05. The summed E-state index contributed by atoms with van der Waals surface area (Å²) in [6.07, 6.45) is -0.116. The molecule has 0 aliphatic rings. The molecular formula is C21H22N2O3S2. The number of rotatable bonds is 6. The van der Waals surface area contributed by atoms with Crippen LogP contribution in [0.15, 0.2) is 52.7 Å². The van der Waals surface area contributed by atoms with Gasteiger partial charge in [0.1, 0.15) is 0 Å². The van der Waals surface area contributed by atoms with E-state index in [1.54, 1.807) is 24.3 Å². The van der Waals surface area contributed by atoms with Crippen molar-refractivity contribution in [3.8, 4) is 11.3 Å². The van der Waals surface area contributed by atoms with Gasteiger partial charge in [-0.1, -0.05) is 41.5 Å². The summed E-state index contributed by atoms with van der Waals surface area (Å²) in [6, 6.07) is 12.8. The van der Waals surface area contributed by atoms with Crippen LogP contribution in [0.1, 0.15) is 23.1 Å². The molecule has 7 heteroatoms. The van der Waals surface area contributed by atoms with Crippen molar-refractivity contribution in [3.63, 3.8) is 0 Å². The highest BCUT2D eigenvalue weighted by molar-refractivity contribution is 7.91. The van der Waals surface area contributed by atoms with Gasteiger partial charge in [0.05, 0.1) is 16.3 Å². The van der Waals surface area contributed by atoms with Crippen molar-refractivity contribution in [1.29, 1.82) is 0 Å². The van der Waals surface area contributed by atoms with Crippen LogP contribution < -0.4 is 5.32 Å². The van der Waals surface area contributed by atoms with Gasteiger partial charge in [0.25, 0.3) is 0 Å². The third kappa shape index (κ3) is 4.85. The number of hydrogen-bond donors (Lipinski definition) is 1. The summed E-state index contributed by atoms with van der Waals surface area (Å²) >= 11 is 1.32. The maximum absolute atomic E-state index is 12.4. The Morgan fingerprint density at radius 2 is 1.71 bits per heavy atom. The third-order valence-corrected chi connectivity index (χ3v) is 6.88. The molecule has 0 bridgehead atoms. The molecule has 3 rings (SSSR count). The number of anilines is 1. The van der Waals surface area contributed by atoms with Crippen molar-refractivity contribution < 1.29 is 13.2 Å². The minimum atomic E-state index is -3.49. The molecule has 1 N–H and O–H groups in total. The van der Waals surface area contributed by atoms with Gasteiger partial charge in [0, 0.05) is 17.4 Å². The molecule has 0 radical (unpaired) electrons. The molecule has 0 unspecified atom stereocenters. The number of carbonyl (C=O) groups excluding carboxylic acids is 1. The van der Waals surface area contributed by atoms with Gasteiger partial charge in [-0.3, -0.25) is 4.79 Å². The van der Waals surface area contributed by atoms with E-state index in [1.807, 2.05) is 38.3 Å². The number of aromatic nitrogens is 1. The van der Waals surface area contributed by atoms with E-state index in [-0.39, 0.29) is 23.0 Å². The molecule has 0 fully saturated rings. The number of amides is 1. The first-order valence-electron chi connectivity index (χ1n) is 8.87. The van der Waals surface area contributed by atoms with Crippen molar-refractivity contribution in [3.05, 3.63) is 64.5 Å². The van der Waals surface area contributed by atoms with Crippen LogP contribution in [-0.4, -0.2) is 25.1 Å². The highest BCUT2D eigenvalue weighted by Gasteiger charge is 2.17. The van der Waals surface area contributed by atoms with Crippen LogP contribution in [-0.2, 0) is 14.6 Å². The average Bonchev–Trinajstić information content (AvgIpc) is 3.08. The first-order valence-corrected chi connectivity index (χ1v) is 11.4. The first kappa shape index (κ1) is 20.2. The largest absolute Gasteiger partial charge is 0.302 e. The number of nitrogens with one attached hydrogen (secondary N) is 1. The quantitative estimate of drug-likeness (QED) is 0.643. The molecule has 2 aromatic carbocycles. The van der Waals surface area contributed by atoms with Crippen molar-refractivity contribution in [2.75, 3.05) is 11.1 Å². The van der Waals surface area contributed by atoms with Crippen LogP contribution in [0.4, 0.5) is 5.13 Å². The Morgan fingerprint density at radius 3 is 2.39 bits per heavy atom. The van der Waals surface area contributed by atoms with Gasteiger partial charge >= 0.3 is 0 Å². The number of carbonyl (C=O) groups is 1. The molecule has 0 aliphatic carbocycles. The summed E-state index contributed by atoms with van der Waals surface area (Å²) in [4.78, 5) is 16.9. The number of aryl methyl sites for hydroxylation is 3. The Kier molecular flexibility index (Phi) is 5.96. The SMILES string of the molecule is Cc1ccc(S(=O)(=O)CCC(=O)Nc2nc(-c3ccc(C)cc3C)cs2)cc1. The zero-order chi connectivity index (χ0) is 20.3. The van der Waals surface area contributed by atoms with Gasteiger partial charge in [-0.2, -0.15) is 0 Å². The summed E-state index contributed by atoms with van der Waals surface area (Å²) in [5.41, 5.74) is 5.10. The third-order valence-electron chi connectivity index (χ3n) is 4.39. The second kappa shape index (κ2) is 8.24. The zero-order valence-corrected chi connectivity index (χ0v) is 17.7. The lowest BCUT2D eigenvalue weighted by Crippen LogP contribution is -2.17. The summed E-state index contributed by atoms with van der Waals surface area (Å²) in [5.74, 6) is -0.603. The van der Waals surface area contributed by atoms with E-state index >= 15 is 0 Å². The van der Waals surface area contributed by atoms with Crippen LogP contribution >= 0.6 is 11.3 Å². The molecule has 28 heavy (non-hydrogen) atoms. The molecule has 0 aliphatic heterocycles. The molecule has 5 nitrogen and oxygen atoms in total. The summed E-state index contributed by atoms with van der Waals surface area (Å²) in [7, 11) is -3.49. The minimum Gasteiger partial charge on any atom is -0.302 e. The van der Waals surface area contributed by atoms with Crippen molar-refractivity contribution in [1.82, 2.24) is 4.98 Å². The van der Waals surface area contributed by atoms with Crippen molar-refractivity contribution in [2.24, 2.45) is 0 Å². The van der Waals surface area contributed by atoms with Crippen LogP contribution in [0.5, 0.6) is 0 Å². The molecule has 0 saturated carbocycles. The van der Waals surface area contributed by atoms with E-state index < -0.39 is 9.84 Å². The fourth-order valence-electron chi connectivity index (χ4n) is 2.83. The van der Waals surface area contributed by atoms with Gasteiger partial charge in [-0.05, 0) is 38.5 Å². The standard InChI is InChI=1S/C21H22N2O3S2/c1-14-4-7-17(8-5-14)28(25,26)11-10-20(24)23-21-22-19(13-27-21)18-9-6-15(2)12-16(18)3/h4-9,12-13H,10-11H2,1-3H3,(H,22,23,24). The number of hydrogen-bond acceptors (Lipinski definition) is 5. The first-order chi connectivity index (χ1) is 13.2. The van der Waals surface area contributed by atoms with E-state index in [1.165, 1.54) is 16.9 Å². The summed E-state index contributed by atoms with van der Waals surface area (Å²) < 4.78 is 24.7. The second-order valence-electron chi connectivity index (χ2n) is 6.79. The second-order valence-corrected chi connectivity index (χ2v) is 9.75. The molecule has 0 atom stereocenters. The zero-order valence-electron chi connectivity index (χ0n) is 16.0. The number of benzene rings is 2. The minimum absolute atomic E-state index is 0.116. The number of thiazole rings is 1. The van der Waals surface area contributed by atoms with Crippen molar-refractivity contribution >= 4 is 32.2 Å². The fraction of sp³-hybridized carbons (Fsp3) is 0.238. The highest BCUT2D eigenvalue weighted by atomic mass is 32.2. The van der Waals surface area contributed by atoms with E-state index in [0.717, 1.165) is 22.4 Å². The van der Waals surface area contributed by atoms with Gasteiger partial charge < -0.3 is 5.32 Å². The van der Waals surface area contributed by atoms with E-state index in [2.05, 4.69) is 16.4 Å². The Balaban J connectivity index is 1.62. The van der Waals surface area contributed by atoms with Crippen LogP contribution in [0.25, 0.3) is 11.3 Å². The maximum atomic E-state index is 12.4. The van der Waals surface area contributed by atoms with Crippen molar-refractivity contribution in [2.45, 2.75) is 32.1 Å². The summed E-state index contributed by atoms with van der Waals surface area (Å²) in [5, 5.41) is 5.05. The predicted octanol–water partition coefficient (Wildman–Crippen LogP) is 4.54. The average molecular weight is 415 g/mol. The molecule has 1 heterocycles. The van der Waals surface area contributed by atoms with E-state index in [0.29, 0.717) is 5.13 Å². The maximum Gasteiger partial charge on any atom is 0.227 e. The van der Waals surface area contributed by atoms with E-state index in [9.17, 15) is 13.2 Å². The molecule has 0 saturated heterocycles. The number of nitrogens with zero attached hydrogens (tertiary/aromatic N) is 1. The molecule has 1 aromatic heterocycles. The predicted molar refractivity (Wildman–Crippen MR) is 114 cm³/mol. The molecule has 146 valence electrons. The lowest BCUT2D eigenvalue weighted by atomic mass is 10.0. The van der Waals surface area contributed by atoms with E-state index in [4.69, 9.17) is 0 Å². The number of sulfone groups is 1. The molecule has 1 amide bonds. The van der Waals surface area contributed by atoms with Gasteiger partial charge in [-0.25, -0.2) is 13.4 Å². The van der Waals surface area contributed by atoms with Gasteiger partial charge in [0.2, 0.25) is 5.91 Å². The normalized spacial score (nSPS) is 11.4. The molecular weight excluding hydrogens is 392 g/mol. The Hall–Kier alpha value is -2.51. The molecule has 0 spiro atoms.